The molecule has 1 aliphatic rings. The standard InChI is InChI=1S/C16H16ClNO4/c1-9(13-3-2-6-21-13)18-15(19)12-8-10-7-11(17)4-5-14(10)22-16(12)20/h4-5,7-9,13H,2-3,6H2,1H3,(H,18,19). The van der Waals surface area contributed by atoms with Gasteiger partial charge >= 0.3 is 5.63 Å². The van der Waals surface area contributed by atoms with E-state index in [4.69, 9.17) is 20.8 Å². The summed E-state index contributed by atoms with van der Waals surface area (Å²) in [7, 11) is 0. The number of fused-ring (bicyclic) bond motifs is 1. The Morgan fingerprint density at radius 3 is 2.95 bits per heavy atom. The molecular formula is C16H16ClNO4. The van der Waals surface area contributed by atoms with Gasteiger partial charge in [-0.3, -0.25) is 4.79 Å². The highest BCUT2D eigenvalue weighted by Gasteiger charge is 2.25. The number of nitrogens with one attached hydrogen (secondary N) is 1. The first-order valence-electron chi connectivity index (χ1n) is 7.20. The number of hydrogen-bond acceptors (Lipinski definition) is 4. The molecule has 1 aromatic carbocycles. The zero-order chi connectivity index (χ0) is 15.7. The van der Waals surface area contributed by atoms with Crippen LogP contribution in [-0.4, -0.2) is 24.7 Å². The minimum Gasteiger partial charge on any atom is -0.422 e. The van der Waals surface area contributed by atoms with Gasteiger partial charge < -0.3 is 14.5 Å². The van der Waals surface area contributed by atoms with Crippen LogP contribution in [0.25, 0.3) is 11.0 Å². The van der Waals surface area contributed by atoms with Gasteiger partial charge in [0.25, 0.3) is 5.91 Å². The number of carbonyl (C=O) groups excluding carboxylic acids is 1. The maximum atomic E-state index is 12.3. The first-order valence-corrected chi connectivity index (χ1v) is 7.58. The van der Waals surface area contributed by atoms with Gasteiger partial charge in [-0.15, -0.1) is 0 Å². The second-order valence-corrected chi connectivity index (χ2v) is 5.88. The lowest BCUT2D eigenvalue weighted by Gasteiger charge is -2.19. The first-order chi connectivity index (χ1) is 10.5. The van der Waals surface area contributed by atoms with Gasteiger partial charge in [-0.2, -0.15) is 0 Å². The topological polar surface area (TPSA) is 68.5 Å². The van der Waals surface area contributed by atoms with Crippen molar-refractivity contribution >= 4 is 28.5 Å². The van der Waals surface area contributed by atoms with Crippen molar-refractivity contribution in [2.75, 3.05) is 6.61 Å². The quantitative estimate of drug-likeness (QED) is 0.883. The number of halogens is 1. The van der Waals surface area contributed by atoms with Crippen LogP contribution in [0.2, 0.25) is 5.02 Å². The van der Waals surface area contributed by atoms with E-state index in [9.17, 15) is 9.59 Å². The van der Waals surface area contributed by atoms with Gasteiger partial charge in [0.15, 0.2) is 0 Å². The molecule has 116 valence electrons. The van der Waals surface area contributed by atoms with Crippen LogP contribution in [0.3, 0.4) is 0 Å². The Hall–Kier alpha value is -1.85. The second-order valence-electron chi connectivity index (χ2n) is 5.44. The summed E-state index contributed by atoms with van der Waals surface area (Å²) in [5, 5.41) is 3.93. The van der Waals surface area contributed by atoms with Crippen LogP contribution in [0.4, 0.5) is 0 Å². The average Bonchev–Trinajstić information content (AvgIpc) is 3.01. The molecule has 1 saturated heterocycles. The third kappa shape index (κ3) is 3.00. The monoisotopic (exact) mass is 321 g/mol. The molecular weight excluding hydrogens is 306 g/mol. The number of rotatable bonds is 3. The summed E-state index contributed by atoms with van der Waals surface area (Å²) in [6, 6.07) is 6.23. The summed E-state index contributed by atoms with van der Waals surface area (Å²) in [6.07, 6.45) is 1.89. The van der Waals surface area contributed by atoms with Crippen LogP contribution in [0, 0.1) is 0 Å². The predicted octanol–water partition coefficient (Wildman–Crippen LogP) is 2.74. The molecule has 2 atom stereocenters. The van der Waals surface area contributed by atoms with E-state index in [0.29, 0.717) is 22.6 Å². The van der Waals surface area contributed by atoms with Crippen molar-refractivity contribution in [1.29, 1.82) is 0 Å². The molecule has 1 N–H and O–H groups in total. The normalized spacial score (nSPS) is 19.3. The molecule has 5 nitrogen and oxygen atoms in total. The molecule has 0 aliphatic carbocycles. The number of hydrogen-bond donors (Lipinski definition) is 1. The number of amides is 1. The van der Waals surface area contributed by atoms with Crippen LogP contribution in [0.15, 0.2) is 33.5 Å². The van der Waals surface area contributed by atoms with Crippen LogP contribution in [-0.2, 0) is 4.74 Å². The Kier molecular flexibility index (Phi) is 4.18. The summed E-state index contributed by atoms with van der Waals surface area (Å²) in [5.74, 6) is -0.460. The lowest BCUT2D eigenvalue weighted by atomic mass is 10.1. The van der Waals surface area contributed by atoms with Gasteiger partial charge in [0.05, 0.1) is 12.1 Å². The largest absolute Gasteiger partial charge is 0.422 e. The molecule has 0 spiro atoms. The molecule has 2 heterocycles. The van der Waals surface area contributed by atoms with Gasteiger partial charge in [0.1, 0.15) is 11.1 Å². The Bertz CT molecular complexity index is 764. The molecule has 1 aromatic heterocycles. The Balaban J connectivity index is 1.86. The average molecular weight is 322 g/mol. The van der Waals surface area contributed by atoms with Gasteiger partial charge in [0.2, 0.25) is 0 Å². The number of carbonyl (C=O) groups is 1. The van der Waals surface area contributed by atoms with Crippen molar-refractivity contribution in [1.82, 2.24) is 5.32 Å². The highest BCUT2D eigenvalue weighted by Crippen LogP contribution is 2.19. The predicted molar refractivity (Wildman–Crippen MR) is 83.4 cm³/mol. The summed E-state index contributed by atoms with van der Waals surface area (Å²) in [4.78, 5) is 24.3. The summed E-state index contributed by atoms with van der Waals surface area (Å²) in [6.45, 7) is 2.58. The smallest absolute Gasteiger partial charge is 0.349 e. The maximum absolute atomic E-state index is 12.3. The molecule has 22 heavy (non-hydrogen) atoms. The van der Waals surface area contributed by atoms with Crippen LogP contribution >= 0.6 is 11.6 Å². The van der Waals surface area contributed by atoms with Crippen molar-refractivity contribution in [3.05, 3.63) is 45.3 Å². The minimum atomic E-state index is -0.660. The van der Waals surface area contributed by atoms with E-state index >= 15 is 0 Å². The molecule has 1 fully saturated rings. The fraction of sp³-hybridized carbons (Fsp3) is 0.375. The van der Waals surface area contributed by atoms with Crippen molar-refractivity contribution in [2.45, 2.75) is 31.9 Å². The second kappa shape index (κ2) is 6.10. The third-order valence-electron chi connectivity index (χ3n) is 3.82. The highest BCUT2D eigenvalue weighted by atomic mass is 35.5. The highest BCUT2D eigenvalue weighted by molar-refractivity contribution is 6.31. The minimum absolute atomic E-state index is 0.00843. The van der Waals surface area contributed by atoms with Gasteiger partial charge in [-0.05, 0) is 44.0 Å². The first kappa shape index (κ1) is 15.1. The van der Waals surface area contributed by atoms with E-state index in [1.165, 1.54) is 6.07 Å². The van der Waals surface area contributed by atoms with E-state index in [-0.39, 0.29) is 17.7 Å². The third-order valence-corrected chi connectivity index (χ3v) is 4.06. The van der Waals surface area contributed by atoms with E-state index < -0.39 is 11.5 Å². The van der Waals surface area contributed by atoms with Crippen molar-refractivity contribution in [2.24, 2.45) is 0 Å². The van der Waals surface area contributed by atoms with Crippen molar-refractivity contribution in [3.8, 4) is 0 Å². The van der Waals surface area contributed by atoms with Crippen LogP contribution in [0.1, 0.15) is 30.1 Å². The Morgan fingerprint density at radius 1 is 1.41 bits per heavy atom. The van der Waals surface area contributed by atoms with Crippen molar-refractivity contribution < 1.29 is 13.9 Å². The van der Waals surface area contributed by atoms with E-state index in [2.05, 4.69) is 5.32 Å². The zero-order valence-corrected chi connectivity index (χ0v) is 12.9. The molecule has 2 aromatic rings. The molecule has 6 heteroatoms. The lowest BCUT2D eigenvalue weighted by Crippen LogP contribution is -2.42. The molecule has 1 aliphatic heterocycles. The number of benzene rings is 1. The molecule has 0 saturated carbocycles. The van der Waals surface area contributed by atoms with Gasteiger partial charge in [-0.1, -0.05) is 11.6 Å². The zero-order valence-electron chi connectivity index (χ0n) is 12.1. The van der Waals surface area contributed by atoms with Gasteiger partial charge in [-0.25, -0.2) is 4.79 Å². The van der Waals surface area contributed by atoms with E-state index in [0.717, 1.165) is 12.8 Å². The fourth-order valence-corrected chi connectivity index (χ4v) is 2.81. The Labute approximate surface area is 132 Å². The van der Waals surface area contributed by atoms with E-state index in [1.54, 1.807) is 18.2 Å². The number of ether oxygens (including phenoxy) is 1. The molecule has 0 bridgehead atoms. The van der Waals surface area contributed by atoms with Crippen LogP contribution in [0.5, 0.6) is 0 Å². The summed E-state index contributed by atoms with van der Waals surface area (Å²) < 4.78 is 10.7. The lowest BCUT2D eigenvalue weighted by molar-refractivity contribution is 0.0710. The Morgan fingerprint density at radius 2 is 2.23 bits per heavy atom. The van der Waals surface area contributed by atoms with Crippen LogP contribution < -0.4 is 10.9 Å². The maximum Gasteiger partial charge on any atom is 0.349 e. The summed E-state index contributed by atoms with van der Waals surface area (Å²) >= 11 is 5.92. The SMILES string of the molecule is CC(NC(=O)c1cc2cc(Cl)ccc2oc1=O)C1CCCO1. The molecule has 3 rings (SSSR count). The molecule has 0 radical (unpaired) electrons. The van der Waals surface area contributed by atoms with E-state index in [1.807, 2.05) is 6.92 Å². The van der Waals surface area contributed by atoms with Crippen molar-refractivity contribution in [3.63, 3.8) is 0 Å². The van der Waals surface area contributed by atoms with Gasteiger partial charge in [0, 0.05) is 17.0 Å². The molecule has 1 amide bonds. The molecule has 2 unspecified atom stereocenters. The fourth-order valence-electron chi connectivity index (χ4n) is 2.63. The summed E-state index contributed by atoms with van der Waals surface area (Å²) in [5.41, 5.74) is -0.287.